The molecule has 0 N–H and O–H groups in total. The van der Waals surface area contributed by atoms with Gasteiger partial charge in [-0.3, -0.25) is 9.78 Å². The highest BCUT2D eigenvalue weighted by Gasteiger charge is 2.23. The predicted octanol–water partition coefficient (Wildman–Crippen LogP) is 3.01. The molecule has 126 valence electrons. The third-order valence-corrected chi connectivity index (χ3v) is 4.35. The van der Waals surface area contributed by atoms with E-state index in [9.17, 15) is 4.79 Å². The Labute approximate surface area is 142 Å². The third-order valence-electron chi connectivity index (χ3n) is 4.35. The summed E-state index contributed by atoms with van der Waals surface area (Å²) in [7, 11) is 3.24. The summed E-state index contributed by atoms with van der Waals surface area (Å²) in [5.41, 5.74) is 2.94. The molecule has 1 aromatic heterocycles. The molecule has 5 nitrogen and oxygen atoms in total. The smallest absolute Gasteiger partial charge is 0.227 e. The van der Waals surface area contributed by atoms with E-state index in [1.807, 2.05) is 35.2 Å². The van der Waals surface area contributed by atoms with Gasteiger partial charge in [0.2, 0.25) is 5.91 Å². The van der Waals surface area contributed by atoms with Crippen LogP contribution in [0.1, 0.15) is 24.1 Å². The van der Waals surface area contributed by atoms with Crippen molar-refractivity contribution in [2.24, 2.45) is 0 Å². The monoisotopic (exact) mass is 326 g/mol. The Morgan fingerprint density at radius 2 is 2.08 bits per heavy atom. The molecule has 1 aliphatic heterocycles. The van der Waals surface area contributed by atoms with E-state index in [0.29, 0.717) is 24.3 Å². The van der Waals surface area contributed by atoms with E-state index in [4.69, 9.17) is 9.47 Å². The van der Waals surface area contributed by atoms with Gasteiger partial charge in [0.05, 0.1) is 25.6 Å². The van der Waals surface area contributed by atoms with Crippen LogP contribution in [0.4, 0.5) is 5.69 Å². The normalized spacial score (nSPS) is 13.3. The quantitative estimate of drug-likeness (QED) is 0.847. The molecule has 5 heteroatoms. The van der Waals surface area contributed by atoms with E-state index < -0.39 is 0 Å². The number of aromatic nitrogens is 1. The van der Waals surface area contributed by atoms with Gasteiger partial charge in [-0.1, -0.05) is 12.1 Å². The Morgan fingerprint density at radius 1 is 1.21 bits per heavy atom. The van der Waals surface area contributed by atoms with Crippen LogP contribution in [0.3, 0.4) is 0 Å². The van der Waals surface area contributed by atoms with Gasteiger partial charge in [0.15, 0.2) is 11.5 Å². The Kier molecular flexibility index (Phi) is 4.99. The molecule has 24 heavy (non-hydrogen) atoms. The van der Waals surface area contributed by atoms with Gasteiger partial charge in [-0.2, -0.15) is 0 Å². The number of ether oxygens (including phenoxy) is 2. The number of pyridine rings is 1. The first-order valence-electron chi connectivity index (χ1n) is 8.18. The topological polar surface area (TPSA) is 51.7 Å². The largest absolute Gasteiger partial charge is 0.493 e. The summed E-state index contributed by atoms with van der Waals surface area (Å²) in [4.78, 5) is 19.0. The molecule has 1 amide bonds. The number of hydrogen-bond donors (Lipinski definition) is 0. The summed E-state index contributed by atoms with van der Waals surface area (Å²) in [6, 6.07) is 9.61. The lowest BCUT2D eigenvalue weighted by Crippen LogP contribution is -2.35. The van der Waals surface area contributed by atoms with E-state index >= 15 is 0 Å². The number of para-hydroxylation sites is 1. The van der Waals surface area contributed by atoms with E-state index in [2.05, 4.69) is 4.98 Å². The maximum absolute atomic E-state index is 12.7. The zero-order valence-electron chi connectivity index (χ0n) is 14.1. The number of anilines is 1. The maximum Gasteiger partial charge on any atom is 0.227 e. The number of carbonyl (C=O) groups is 1. The van der Waals surface area contributed by atoms with Crippen molar-refractivity contribution in [1.82, 2.24) is 4.98 Å². The third kappa shape index (κ3) is 3.20. The number of methoxy groups -OCH3 is 2. The number of amides is 1. The van der Waals surface area contributed by atoms with Crippen molar-refractivity contribution in [1.29, 1.82) is 0 Å². The fraction of sp³-hybridized carbons (Fsp3) is 0.368. The molecule has 0 saturated heterocycles. The van der Waals surface area contributed by atoms with Crippen LogP contribution in [0.25, 0.3) is 0 Å². The standard InChI is InChI=1S/C19H22N2O3/c1-23-17-9-3-6-14(19(17)24-2)10-11-18(22)21-13-5-7-15-16(21)8-4-12-20-15/h3-4,6,8-9,12H,5,7,10-11,13H2,1-2H3. The van der Waals surface area contributed by atoms with Crippen LogP contribution < -0.4 is 14.4 Å². The van der Waals surface area contributed by atoms with Crippen molar-refractivity contribution in [2.45, 2.75) is 25.7 Å². The van der Waals surface area contributed by atoms with Crippen LogP contribution in [0.15, 0.2) is 36.5 Å². The number of rotatable bonds is 5. The summed E-state index contributed by atoms with van der Waals surface area (Å²) in [6.07, 6.45) is 4.72. The minimum Gasteiger partial charge on any atom is -0.493 e. The van der Waals surface area contributed by atoms with Gasteiger partial charge >= 0.3 is 0 Å². The molecule has 0 unspecified atom stereocenters. The van der Waals surface area contributed by atoms with Crippen molar-refractivity contribution in [3.8, 4) is 11.5 Å². The van der Waals surface area contributed by atoms with Gasteiger partial charge < -0.3 is 14.4 Å². The summed E-state index contributed by atoms with van der Waals surface area (Å²) < 4.78 is 10.8. The van der Waals surface area contributed by atoms with Gasteiger partial charge in [-0.05, 0) is 43.0 Å². The lowest BCUT2D eigenvalue weighted by atomic mass is 10.0. The second kappa shape index (κ2) is 7.34. The molecule has 0 spiro atoms. The van der Waals surface area contributed by atoms with E-state index in [1.165, 1.54) is 0 Å². The average molecular weight is 326 g/mol. The molecule has 1 aromatic carbocycles. The molecule has 0 atom stereocenters. The lowest BCUT2D eigenvalue weighted by Gasteiger charge is -2.28. The molecular formula is C19H22N2O3. The predicted molar refractivity (Wildman–Crippen MR) is 92.8 cm³/mol. The zero-order valence-corrected chi connectivity index (χ0v) is 14.1. The van der Waals surface area contributed by atoms with Crippen molar-refractivity contribution >= 4 is 11.6 Å². The molecule has 3 rings (SSSR count). The van der Waals surface area contributed by atoms with Crippen LogP contribution in [0, 0.1) is 0 Å². The molecule has 0 aliphatic carbocycles. The lowest BCUT2D eigenvalue weighted by molar-refractivity contribution is -0.118. The molecule has 0 fully saturated rings. The minimum atomic E-state index is 0.119. The van der Waals surface area contributed by atoms with Crippen molar-refractivity contribution < 1.29 is 14.3 Å². The average Bonchev–Trinajstić information content (AvgIpc) is 2.65. The summed E-state index contributed by atoms with van der Waals surface area (Å²) in [5, 5.41) is 0. The molecule has 2 heterocycles. The number of carbonyl (C=O) groups excluding carboxylic acids is 1. The molecule has 1 aliphatic rings. The zero-order chi connectivity index (χ0) is 16.9. The summed E-state index contributed by atoms with van der Waals surface area (Å²) >= 11 is 0. The van der Waals surface area contributed by atoms with Crippen LogP contribution >= 0.6 is 0 Å². The first-order chi connectivity index (χ1) is 11.7. The minimum absolute atomic E-state index is 0.119. The fourth-order valence-corrected chi connectivity index (χ4v) is 3.18. The Morgan fingerprint density at radius 3 is 2.88 bits per heavy atom. The maximum atomic E-state index is 12.7. The molecular weight excluding hydrogens is 304 g/mol. The molecule has 0 radical (unpaired) electrons. The van der Waals surface area contributed by atoms with Crippen LogP contribution in [-0.4, -0.2) is 31.7 Å². The first kappa shape index (κ1) is 16.3. The first-order valence-corrected chi connectivity index (χ1v) is 8.18. The molecule has 0 saturated carbocycles. The highest BCUT2D eigenvalue weighted by Crippen LogP contribution is 2.32. The van der Waals surface area contributed by atoms with Crippen LogP contribution in [0.2, 0.25) is 0 Å². The van der Waals surface area contributed by atoms with Crippen molar-refractivity contribution in [2.75, 3.05) is 25.7 Å². The Hall–Kier alpha value is -2.56. The van der Waals surface area contributed by atoms with Gasteiger partial charge in [0.25, 0.3) is 0 Å². The fourth-order valence-electron chi connectivity index (χ4n) is 3.18. The van der Waals surface area contributed by atoms with Crippen LogP contribution in [-0.2, 0) is 17.6 Å². The molecule has 0 bridgehead atoms. The highest BCUT2D eigenvalue weighted by molar-refractivity contribution is 5.94. The van der Waals surface area contributed by atoms with Gasteiger partial charge in [0, 0.05) is 19.2 Å². The molecule has 2 aromatic rings. The SMILES string of the molecule is COc1cccc(CCC(=O)N2CCCc3ncccc32)c1OC. The van der Waals surface area contributed by atoms with Crippen LogP contribution in [0.5, 0.6) is 11.5 Å². The van der Waals surface area contributed by atoms with E-state index in [-0.39, 0.29) is 5.91 Å². The number of hydrogen-bond acceptors (Lipinski definition) is 4. The number of benzene rings is 1. The van der Waals surface area contributed by atoms with Gasteiger partial charge in [-0.25, -0.2) is 0 Å². The number of aryl methyl sites for hydroxylation is 2. The van der Waals surface area contributed by atoms with E-state index in [1.54, 1.807) is 20.4 Å². The van der Waals surface area contributed by atoms with E-state index in [0.717, 1.165) is 36.3 Å². The second-order valence-electron chi connectivity index (χ2n) is 5.77. The number of nitrogens with zero attached hydrogens (tertiary/aromatic N) is 2. The summed E-state index contributed by atoms with van der Waals surface area (Å²) in [5.74, 6) is 1.51. The Bertz CT molecular complexity index is 730. The van der Waals surface area contributed by atoms with Gasteiger partial charge in [0.1, 0.15) is 0 Å². The summed E-state index contributed by atoms with van der Waals surface area (Å²) in [6.45, 7) is 0.757. The second-order valence-corrected chi connectivity index (χ2v) is 5.77. The van der Waals surface area contributed by atoms with Gasteiger partial charge in [-0.15, -0.1) is 0 Å². The number of fused-ring (bicyclic) bond motifs is 1. The highest BCUT2D eigenvalue weighted by atomic mass is 16.5. The van der Waals surface area contributed by atoms with Crippen molar-refractivity contribution in [3.05, 3.63) is 47.8 Å². The Balaban J connectivity index is 1.73. The van der Waals surface area contributed by atoms with Crippen molar-refractivity contribution in [3.63, 3.8) is 0 Å².